The molecule has 1 aliphatic heterocycles. The molecule has 0 N–H and O–H groups in total. The Morgan fingerprint density at radius 1 is 1.26 bits per heavy atom. The number of ether oxygens (including phenoxy) is 1. The van der Waals surface area contributed by atoms with Gasteiger partial charge in [-0.2, -0.15) is 0 Å². The molecule has 1 fully saturated rings. The van der Waals surface area contributed by atoms with E-state index in [9.17, 15) is 14.4 Å². The Kier molecular flexibility index (Phi) is 5.34. The summed E-state index contributed by atoms with van der Waals surface area (Å²) in [7, 11) is 0. The summed E-state index contributed by atoms with van der Waals surface area (Å²) in [5, 5.41) is 0.722. The summed E-state index contributed by atoms with van der Waals surface area (Å²) >= 11 is 3.25. The molecule has 6 nitrogen and oxygen atoms in total. The number of carbonyl (C=O) groups is 3. The molecule has 0 radical (unpaired) electrons. The molecule has 0 unspecified atom stereocenters. The van der Waals surface area contributed by atoms with Gasteiger partial charge in [0.15, 0.2) is 0 Å². The molecular weight excluding hydrogens is 316 g/mol. The second kappa shape index (κ2) is 6.36. The number of alkyl halides is 1. The van der Waals surface area contributed by atoms with Gasteiger partial charge >= 0.3 is 6.09 Å². The molecule has 0 bridgehead atoms. The molecule has 19 heavy (non-hydrogen) atoms. The molecule has 3 amide bonds. The second-order valence-electron chi connectivity index (χ2n) is 5.32. The van der Waals surface area contributed by atoms with Crippen LogP contribution >= 0.6 is 15.9 Å². The Hall–Kier alpha value is -1.11. The number of carbonyl (C=O) groups excluding carboxylic acids is 3. The highest BCUT2D eigenvalue weighted by Gasteiger charge is 2.34. The van der Waals surface area contributed by atoms with Crippen LogP contribution in [-0.4, -0.2) is 58.3 Å². The minimum absolute atomic E-state index is 0.108. The van der Waals surface area contributed by atoms with Crippen molar-refractivity contribution < 1.29 is 19.1 Å². The quantitative estimate of drug-likeness (QED) is 0.577. The van der Waals surface area contributed by atoms with Crippen LogP contribution in [0.4, 0.5) is 4.79 Å². The van der Waals surface area contributed by atoms with Crippen molar-refractivity contribution in [2.75, 3.05) is 25.0 Å². The van der Waals surface area contributed by atoms with Crippen LogP contribution in [-0.2, 0) is 14.3 Å². The van der Waals surface area contributed by atoms with Crippen LogP contribution in [0, 0.1) is 0 Å². The van der Waals surface area contributed by atoms with Gasteiger partial charge in [0.1, 0.15) is 18.7 Å². The fourth-order valence-corrected chi connectivity index (χ4v) is 1.87. The van der Waals surface area contributed by atoms with Gasteiger partial charge in [0, 0.05) is 11.9 Å². The summed E-state index contributed by atoms with van der Waals surface area (Å²) < 4.78 is 5.15. The Bertz CT molecular complexity index is 360. The zero-order chi connectivity index (χ0) is 14.6. The van der Waals surface area contributed by atoms with E-state index < -0.39 is 11.7 Å². The number of hydrogen-bond acceptors (Lipinski definition) is 4. The van der Waals surface area contributed by atoms with Gasteiger partial charge < -0.3 is 4.74 Å². The average molecular weight is 335 g/mol. The number of imide groups is 1. The molecule has 0 aromatic rings. The molecular formula is C12H19BrN2O4. The SMILES string of the molecule is CC(C)(C)OC(=O)N1CC(=O)N(CCCBr)C(=O)C1. The van der Waals surface area contributed by atoms with E-state index in [4.69, 9.17) is 4.74 Å². The zero-order valence-corrected chi connectivity index (χ0v) is 13.0. The fourth-order valence-electron chi connectivity index (χ4n) is 1.62. The van der Waals surface area contributed by atoms with Crippen LogP contribution < -0.4 is 0 Å². The van der Waals surface area contributed by atoms with Crippen molar-refractivity contribution in [2.45, 2.75) is 32.8 Å². The van der Waals surface area contributed by atoms with E-state index in [1.165, 1.54) is 4.90 Å². The maximum Gasteiger partial charge on any atom is 0.411 e. The van der Waals surface area contributed by atoms with Gasteiger partial charge in [-0.05, 0) is 27.2 Å². The van der Waals surface area contributed by atoms with Crippen molar-refractivity contribution in [3.8, 4) is 0 Å². The summed E-state index contributed by atoms with van der Waals surface area (Å²) in [6.07, 6.45) is 0.0681. The third-order valence-corrected chi connectivity index (χ3v) is 2.98. The largest absolute Gasteiger partial charge is 0.444 e. The van der Waals surface area contributed by atoms with Crippen molar-refractivity contribution in [3.05, 3.63) is 0 Å². The van der Waals surface area contributed by atoms with Crippen LogP contribution in [0.25, 0.3) is 0 Å². The van der Waals surface area contributed by atoms with Gasteiger partial charge in [-0.15, -0.1) is 0 Å². The molecule has 7 heteroatoms. The zero-order valence-electron chi connectivity index (χ0n) is 11.4. The summed E-state index contributed by atoms with van der Waals surface area (Å²) in [6, 6.07) is 0. The maximum atomic E-state index is 11.8. The lowest BCUT2D eigenvalue weighted by Gasteiger charge is -2.33. The van der Waals surface area contributed by atoms with E-state index >= 15 is 0 Å². The molecule has 0 atom stereocenters. The highest BCUT2D eigenvalue weighted by atomic mass is 79.9. The Balaban J connectivity index is 2.62. The molecule has 0 aromatic carbocycles. The number of rotatable bonds is 3. The number of piperazine rings is 1. The van der Waals surface area contributed by atoms with E-state index in [0.29, 0.717) is 13.0 Å². The topological polar surface area (TPSA) is 66.9 Å². The van der Waals surface area contributed by atoms with E-state index in [1.807, 2.05) is 0 Å². The third kappa shape index (κ3) is 4.81. The van der Waals surface area contributed by atoms with Crippen LogP contribution in [0.3, 0.4) is 0 Å². The number of nitrogens with zero attached hydrogens (tertiary/aromatic N) is 2. The molecule has 0 saturated carbocycles. The summed E-state index contributed by atoms with van der Waals surface area (Å²) in [6.45, 7) is 5.37. The average Bonchev–Trinajstić information content (AvgIpc) is 2.25. The van der Waals surface area contributed by atoms with Crippen LogP contribution in [0.1, 0.15) is 27.2 Å². The second-order valence-corrected chi connectivity index (χ2v) is 6.11. The highest BCUT2D eigenvalue weighted by molar-refractivity contribution is 9.09. The first kappa shape index (κ1) is 15.9. The van der Waals surface area contributed by atoms with Crippen LogP contribution in [0.5, 0.6) is 0 Å². The summed E-state index contributed by atoms with van der Waals surface area (Å²) in [5.74, 6) is -0.717. The van der Waals surface area contributed by atoms with Crippen molar-refractivity contribution in [1.82, 2.24) is 9.80 Å². The lowest BCUT2D eigenvalue weighted by Crippen LogP contribution is -2.56. The number of hydrogen-bond donors (Lipinski definition) is 0. The lowest BCUT2D eigenvalue weighted by molar-refractivity contribution is -0.151. The molecule has 1 saturated heterocycles. The molecule has 0 aromatic heterocycles. The minimum Gasteiger partial charge on any atom is -0.444 e. The van der Waals surface area contributed by atoms with Gasteiger partial charge in [-0.3, -0.25) is 19.4 Å². The molecule has 108 valence electrons. The van der Waals surface area contributed by atoms with E-state index in [2.05, 4.69) is 15.9 Å². The fraction of sp³-hybridized carbons (Fsp3) is 0.750. The molecule has 0 spiro atoms. The van der Waals surface area contributed by atoms with Gasteiger partial charge in [0.2, 0.25) is 11.8 Å². The smallest absolute Gasteiger partial charge is 0.411 e. The molecule has 1 rings (SSSR count). The third-order valence-electron chi connectivity index (χ3n) is 2.42. The summed E-state index contributed by atoms with van der Waals surface area (Å²) in [5.41, 5.74) is -0.643. The van der Waals surface area contributed by atoms with Gasteiger partial charge in [0.25, 0.3) is 0 Å². The first-order valence-electron chi connectivity index (χ1n) is 6.11. The monoisotopic (exact) mass is 334 g/mol. The van der Waals surface area contributed by atoms with Crippen molar-refractivity contribution in [1.29, 1.82) is 0 Å². The highest BCUT2D eigenvalue weighted by Crippen LogP contribution is 2.13. The van der Waals surface area contributed by atoms with Crippen molar-refractivity contribution >= 4 is 33.8 Å². The maximum absolute atomic E-state index is 11.8. The lowest BCUT2D eigenvalue weighted by atomic mass is 10.2. The number of amides is 3. The van der Waals surface area contributed by atoms with Crippen molar-refractivity contribution in [3.63, 3.8) is 0 Å². The molecule has 1 heterocycles. The minimum atomic E-state index is -0.643. The van der Waals surface area contributed by atoms with E-state index in [0.717, 1.165) is 10.2 Å². The predicted octanol–water partition coefficient (Wildman–Crippen LogP) is 1.38. The first-order chi connectivity index (χ1) is 8.74. The van der Waals surface area contributed by atoms with E-state index in [1.54, 1.807) is 20.8 Å². The van der Waals surface area contributed by atoms with E-state index in [-0.39, 0.29) is 24.9 Å². The Labute approximate surface area is 121 Å². The van der Waals surface area contributed by atoms with Gasteiger partial charge in [-0.25, -0.2) is 4.79 Å². The normalized spacial score (nSPS) is 16.8. The van der Waals surface area contributed by atoms with Gasteiger partial charge in [0.05, 0.1) is 0 Å². The Morgan fingerprint density at radius 2 is 1.79 bits per heavy atom. The Morgan fingerprint density at radius 3 is 2.21 bits per heavy atom. The van der Waals surface area contributed by atoms with Crippen molar-refractivity contribution in [2.24, 2.45) is 0 Å². The summed E-state index contributed by atoms with van der Waals surface area (Å²) in [4.78, 5) is 37.8. The predicted molar refractivity (Wildman–Crippen MR) is 72.9 cm³/mol. The molecule has 0 aliphatic carbocycles. The first-order valence-corrected chi connectivity index (χ1v) is 7.24. The van der Waals surface area contributed by atoms with Crippen LogP contribution in [0.2, 0.25) is 0 Å². The van der Waals surface area contributed by atoms with Crippen LogP contribution in [0.15, 0.2) is 0 Å². The molecule has 1 aliphatic rings. The van der Waals surface area contributed by atoms with Gasteiger partial charge in [-0.1, -0.05) is 15.9 Å². The number of halogens is 1. The standard InChI is InChI=1S/C12H19BrN2O4/c1-12(2,3)19-11(18)14-7-9(16)15(6-4-5-13)10(17)8-14/h4-8H2,1-3H3.